The summed E-state index contributed by atoms with van der Waals surface area (Å²) in [6.07, 6.45) is 1.40. The van der Waals surface area contributed by atoms with Gasteiger partial charge in [-0.1, -0.05) is 13.8 Å². The maximum absolute atomic E-state index is 11.2. The van der Waals surface area contributed by atoms with Crippen LogP contribution in [0.15, 0.2) is 42.6 Å². The fraction of sp³-hybridized carbons (Fsp3) is 0.250. The van der Waals surface area contributed by atoms with Gasteiger partial charge < -0.3 is 15.3 Å². The number of ether oxygens (including phenoxy) is 1. The molecule has 5 heteroatoms. The van der Waals surface area contributed by atoms with Crippen LogP contribution in [0, 0.1) is 12.1 Å². The third-order valence-corrected chi connectivity index (χ3v) is 2.48. The first-order valence-electron chi connectivity index (χ1n) is 6.80. The normalized spacial score (nSPS) is 9.33. The molecule has 21 heavy (non-hydrogen) atoms. The number of carbonyl (C=O) groups excluding carboxylic acids is 1. The molecule has 5 nitrogen and oxygen atoms in total. The average molecular weight is 288 g/mol. The van der Waals surface area contributed by atoms with Crippen molar-refractivity contribution in [3.63, 3.8) is 0 Å². The van der Waals surface area contributed by atoms with Crippen molar-refractivity contribution in [1.29, 1.82) is 0 Å². The van der Waals surface area contributed by atoms with Gasteiger partial charge in [0.15, 0.2) is 11.9 Å². The molecule has 0 aliphatic heterocycles. The highest BCUT2D eigenvalue weighted by molar-refractivity contribution is 5.88. The summed E-state index contributed by atoms with van der Waals surface area (Å²) in [5.74, 6) is 1.11. The Balaban J connectivity index is 0.00000106. The Labute approximate surface area is 124 Å². The van der Waals surface area contributed by atoms with Crippen LogP contribution in [0.2, 0.25) is 0 Å². The van der Waals surface area contributed by atoms with Gasteiger partial charge in [-0.05, 0) is 24.3 Å². The molecule has 0 atom stereocenters. The molecule has 1 aromatic heterocycles. The Morgan fingerprint density at radius 2 is 1.76 bits per heavy atom. The summed E-state index contributed by atoms with van der Waals surface area (Å²) in [7, 11) is 0. The summed E-state index contributed by atoms with van der Waals surface area (Å²) in [5, 5.41) is 13.9. The van der Waals surface area contributed by atoms with Crippen molar-refractivity contribution in [2.24, 2.45) is 0 Å². The molecule has 1 amide bonds. The molecule has 0 aliphatic carbocycles. The van der Waals surface area contributed by atoms with Crippen LogP contribution in [0.25, 0.3) is 0 Å². The van der Waals surface area contributed by atoms with E-state index in [9.17, 15) is 10.0 Å². The van der Waals surface area contributed by atoms with Crippen molar-refractivity contribution >= 4 is 11.6 Å². The van der Waals surface area contributed by atoms with Crippen LogP contribution in [0.4, 0.5) is 5.69 Å². The zero-order chi connectivity index (χ0) is 15.8. The van der Waals surface area contributed by atoms with Crippen molar-refractivity contribution < 1.29 is 14.3 Å². The van der Waals surface area contributed by atoms with Gasteiger partial charge in [-0.3, -0.25) is 4.79 Å². The maximum atomic E-state index is 11.2. The largest absolute Gasteiger partial charge is 0.619 e. The van der Waals surface area contributed by atoms with E-state index in [0.29, 0.717) is 22.9 Å². The molecule has 1 heterocycles. The molecule has 0 aliphatic rings. The van der Waals surface area contributed by atoms with Gasteiger partial charge in [0, 0.05) is 31.7 Å². The average Bonchev–Trinajstić information content (AvgIpc) is 2.47. The van der Waals surface area contributed by atoms with Crippen molar-refractivity contribution in [2.45, 2.75) is 27.7 Å². The van der Waals surface area contributed by atoms with Gasteiger partial charge in [0.25, 0.3) is 0 Å². The fourth-order valence-electron chi connectivity index (χ4n) is 1.59. The monoisotopic (exact) mass is 288 g/mol. The number of nitrogens with zero attached hydrogens (tertiary/aromatic N) is 1. The van der Waals surface area contributed by atoms with Crippen molar-refractivity contribution in [1.82, 2.24) is 0 Å². The summed E-state index contributed by atoms with van der Waals surface area (Å²) >= 11 is 0. The minimum atomic E-state index is -0.118. The third kappa shape index (κ3) is 5.14. The molecular weight excluding hydrogens is 268 g/mol. The number of rotatable bonds is 3. The molecule has 0 bridgehead atoms. The molecule has 0 radical (unpaired) electrons. The molecule has 0 unspecified atom stereocenters. The van der Waals surface area contributed by atoms with E-state index in [4.69, 9.17) is 4.74 Å². The highest BCUT2D eigenvalue weighted by atomic mass is 16.5. The van der Waals surface area contributed by atoms with E-state index in [-0.39, 0.29) is 5.91 Å². The van der Waals surface area contributed by atoms with Crippen LogP contribution in [0.1, 0.15) is 26.5 Å². The zero-order valence-corrected chi connectivity index (χ0v) is 12.7. The number of anilines is 1. The van der Waals surface area contributed by atoms with Crippen molar-refractivity contribution in [3.8, 4) is 11.5 Å². The van der Waals surface area contributed by atoms with Crippen LogP contribution < -0.4 is 14.8 Å². The van der Waals surface area contributed by atoms with Crippen LogP contribution >= 0.6 is 0 Å². The van der Waals surface area contributed by atoms with Gasteiger partial charge in [-0.2, -0.15) is 4.73 Å². The lowest BCUT2D eigenvalue weighted by atomic mass is 10.3. The van der Waals surface area contributed by atoms with Gasteiger partial charge in [-0.25, -0.2) is 0 Å². The predicted octanol–water partition coefficient (Wildman–Crippen LogP) is 3.41. The van der Waals surface area contributed by atoms with E-state index in [0.717, 1.165) is 4.73 Å². The van der Waals surface area contributed by atoms with Gasteiger partial charge in [0.1, 0.15) is 11.5 Å². The summed E-state index contributed by atoms with van der Waals surface area (Å²) < 4.78 is 6.38. The van der Waals surface area contributed by atoms with E-state index in [1.165, 1.54) is 13.1 Å². The molecule has 0 saturated carbocycles. The lowest BCUT2D eigenvalue weighted by Gasteiger charge is -2.08. The van der Waals surface area contributed by atoms with Gasteiger partial charge in [0.2, 0.25) is 5.91 Å². The Kier molecular flexibility index (Phi) is 6.20. The number of nitrogens with one attached hydrogen (secondary N) is 1. The van der Waals surface area contributed by atoms with Crippen molar-refractivity contribution in [3.05, 3.63) is 53.5 Å². The van der Waals surface area contributed by atoms with E-state index < -0.39 is 0 Å². The first-order valence-corrected chi connectivity index (χ1v) is 6.80. The van der Waals surface area contributed by atoms with E-state index in [2.05, 4.69) is 5.32 Å². The Morgan fingerprint density at radius 3 is 2.29 bits per heavy atom. The molecular formula is C16H20N2O3. The summed E-state index contributed by atoms with van der Waals surface area (Å²) in [6.45, 7) is 7.16. The molecule has 112 valence electrons. The summed E-state index contributed by atoms with van der Waals surface area (Å²) in [6, 6.07) is 10.3. The summed E-state index contributed by atoms with van der Waals surface area (Å²) in [4.78, 5) is 10.9. The number of hydrogen-bond donors (Lipinski definition) is 1. The van der Waals surface area contributed by atoms with Crippen LogP contribution in [-0.2, 0) is 4.79 Å². The van der Waals surface area contributed by atoms with Crippen LogP contribution in [0.5, 0.6) is 11.5 Å². The van der Waals surface area contributed by atoms with E-state index >= 15 is 0 Å². The lowest BCUT2D eigenvalue weighted by molar-refractivity contribution is -0.612. The number of hydrogen-bond acceptors (Lipinski definition) is 3. The number of aromatic nitrogens is 1. The molecule has 0 spiro atoms. The third-order valence-electron chi connectivity index (χ3n) is 2.48. The SMILES string of the molecule is CC.CC(=O)Nc1ccc(Oc2cc[n+]([O-])c(C)c2)cc1. The first-order chi connectivity index (χ1) is 10.0. The molecule has 1 aromatic carbocycles. The highest BCUT2D eigenvalue weighted by Gasteiger charge is 2.03. The molecule has 2 rings (SSSR count). The smallest absolute Gasteiger partial charge is 0.221 e. The second-order valence-electron chi connectivity index (χ2n) is 4.14. The quantitative estimate of drug-likeness (QED) is 0.695. The lowest BCUT2D eigenvalue weighted by Crippen LogP contribution is -2.28. The Bertz CT molecular complexity index is 595. The Morgan fingerprint density at radius 1 is 1.14 bits per heavy atom. The fourth-order valence-corrected chi connectivity index (χ4v) is 1.59. The topological polar surface area (TPSA) is 65.3 Å². The second kappa shape index (κ2) is 7.89. The van der Waals surface area contributed by atoms with E-state index in [1.54, 1.807) is 43.3 Å². The second-order valence-corrected chi connectivity index (χ2v) is 4.14. The number of amides is 1. The first kappa shape index (κ1) is 16.5. The highest BCUT2D eigenvalue weighted by Crippen LogP contribution is 2.22. The summed E-state index contributed by atoms with van der Waals surface area (Å²) in [5.41, 5.74) is 1.27. The minimum absolute atomic E-state index is 0.118. The maximum Gasteiger partial charge on any atom is 0.221 e. The van der Waals surface area contributed by atoms with Crippen LogP contribution in [0.3, 0.4) is 0 Å². The molecule has 0 fully saturated rings. The number of carbonyl (C=O) groups is 1. The van der Waals surface area contributed by atoms with E-state index in [1.807, 2.05) is 13.8 Å². The van der Waals surface area contributed by atoms with Gasteiger partial charge in [-0.15, -0.1) is 0 Å². The standard InChI is InChI=1S/C14H14N2O3.C2H6/c1-10-9-14(7-8-16(10)18)19-13-5-3-12(4-6-13)15-11(2)17;1-2/h3-9H,1-2H3,(H,15,17);1-2H3. The van der Waals surface area contributed by atoms with Gasteiger partial charge >= 0.3 is 0 Å². The predicted molar refractivity (Wildman–Crippen MR) is 82.3 cm³/mol. The molecule has 2 aromatic rings. The Hall–Kier alpha value is -2.56. The minimum Gasteiger partial charge on any atom is -0.619 e. The van der Waals surface area contributed by atoms with Crippen molar-refractivity contribution in [2.75, 3.05) is 5.32 Å². The zero-order valence-electron chi connectivity index (χ0n) is 12.7. The number of benzene rings is 1. The number of aryl methyl sites for hydroxylation is 1. The molecule has 0 saturated heterocycles. The number of pyridine rings is 1. The van der Waals surface area contributed by atoms with Gasteiger partial charge in [0.05, 0.1) is 0 Å². The van der Waals surface area contributed by atoms with Crippen LogP contribution in [-0.4, -0.2) is 5.91 Å². The molecule has 1 N–H and O–H groups in total.